The van der Waals surface area contributed by atoms with Gasteiger partial charge in [-0.1, -0.05) is 78.5 Å². The fourth-order valence-corrected chi connectivity index (χ4v) is 4.30. The average molecular weight is 438 g/mol. The third-order valence-corrected chi connectivity index (χ3v) is 7.17. The van der Waals surface area contributed by atoms with Crippen LogP contribution < -0.4 is 0 Å². The van der Waals surface area contributed by atoms with Gasteiger partial charge < -0.3 is 4.79 Å². The molecule has 176 valence electrons. The van der Waals surface area contributed by atoms with Crippen LogP contribution in [0.3, 0.4) is 0 Å². The molecule has 4 atom stereocenters. The van der Waals surface area contributed by atoms with Gasteiger partial charge in [0.2, 0.25) is 0 Å². The summed E-state index contributed by atoms with van der Waals surface area (Å²) in [6.07, 6.45) is 12.5. The molecule has 0 bridgehead atoms. The number of thiazole rings is 1. The molecule has 30 heavy (non-hydrogen) atoms. The van der Waals surface area contributed by atoms with Crippen molar-refractivity contribution in [1.29, 1.82) is 0 Å². The van der Waals surface area contributed by atoms with Crippen molar-refractivity contribution < 1.29 is 6.22 Å². The molecule has 1 aromatic heterocycles. The van der Waals surface area contributed by atoms with Crippen LogP contribution in [-0.2, 0) is 4.79 Å². The Morgan fingerprint density at radius 1 is 1.17 bits per heavy atom. The van der Waals surface area contributed by atoms with E-state index in [2.05, 4.69) is 77.9 Å². The Morgan fingerprint density at radius 2 is 1.77 bits per heavy atom. The number of aromatic nitrogens is 1. The van der Waals surface area contributed by atoms with Crippen LogP contribution in [0.15, 0.2) is 22.6 Å². The predicted molar refractivity (Wildman–Crippen MR) is 140 cm³/mol. The van der Waals surface area contributed by atoms with Crippen molar-refractivity contribution in [3.8, 4) is 0 Å². The molecule has 2 nitrogen and oxygen atoms in total. The molecule has 0 aromatic carbocycles. The molecule has 1 rings (SSSR count). The maximum absolute atomic E-state index is 8.00. The van der Waals surface area contributed by atoms with Gasteiger partial charge in [-0.2, -0.15) is 0 Å². The maximum Gasteiger partial charge on any atom is 0.106 e. The van der Waals surface area contributed by atoms with Crippen molar-refractivity contribution in [1.82, 2.24) is 4.98 Å². The van der Waals surface area contributed by atoms with Crippen molar-refractivity contribution in [2.24, 2.45) is 23.7 Å². The SMILES string of the molecule is C.C=O.CCC[C@H](C)[C@@H](C)[C@@H](C)CCC/C(C)=C\CC(C)/C(C)=C/c1csc(C)n1.[HH]. The quantitative estimate of drug-likeness (QED) is 0.305. The number of hydrogen-bond donors (Lipinski definition) is 0. The van der Waals surface area contributed by atoms with Crippen molar-refractivity contribution >= 4 is 24.2 Å². The van der Waals surface area contributed by atoms with E-state index < -0.39 is 0 Å². The first-order chi connectivity index (χ1) is 13.7. The van der Waals surface area contributed by atoms with Crippen LogP contribution in [0.4, 0.5) is 0 Å². The molecule has 1 aromatic rings. The highest BCUT2D eigenvalue weighted by molar-refractivity contribution is 7.09. The average Bonchev–Trinajstić information content (AvgIpc) is 3.11. The zero-order valence-corrected chi connectivity index (χ0v) is 21.1. The number of hydrogen-bond acceptors (Lipinski definition) is 3. The molecule has 0 saturated carbocycles. The Kier molecular flexibility index (Phi) is 18.0. The van der Waals surface area contributed by atoms with E-state index >= 15 is 0 Å². The third kappa shape index (κ3) is 12.5. The number of allylic oxidation sites excluding steroid dienone is 3. The lowest BCUT2D eigenvalue weighted by molar-refractivity contribution is -0.0979. The van der Waals surface area contributed by atoms with E-state index in [0.717, 1.165) is 34.9 Å². The van der Waals surface area contributed by atoms with Crippen molar-refractivity contribution in [2.75, 3.05) is 0 Å². The van der Waals surface area contributed by atoms with Gasteiger partial charge >= 0.3 is 0 Å². The molecule has 0 aliphatic heterocycles. The highest BCUT2D eigenvalue weighted by Gasteiger charge is 2.18. The van der Waals surface area contributed by atoms with Crippen LogP contribution in [-0.4, -0.2) is 11.8 Å². The van der Waals surface area contributed by atoms with E-state index in [9.17, 15) is 0 Å². The second-order valence-corrected chi connectivity index (χ2v) is 9.92. The van der Waals surface area contributed by atoms with E-state index in [0.29, 0.717) is 5.92 Å². The monoisotopic (exact) mass is 437 g/mol. The first-order valence-corrected chi connectivity index (χ1v) is 12.2. The second kappa shape index (κ2) is 17.5. The Hall–Kier alpha value is -1.22. The summed E-state index contributed by atoms with van der Waals surface area (Å²) in [6, 6.07) is 0. The van der Waals surface area contributed by atoms with Crippen LogP contribution in [0.25, 0.3) is 6.08 Å². The summed E-state index contributed by atoms with van der Waals surface area (Å²) in [7, 11) is 0. The van der Waals surface area contributed by atoms with E-state index in [1.165, 1.54) is 37.7 Å². The molecule has 1 heterocycles. The van der Waals surface area contributed by atoms with Gasteiger partial charge in [0.05, 0.1) is 10.7 Å². The Morgan fingerprint density at radius 3 is 2.30 bits per heavy atom. The maximum atomic E-state index is 8.00. The number of rotatable bonds is 12. The molecular formula is C27H51NOS. The van der Waals surface area contributed by atoms with Crippen molar-refractivity contribution in [3.63, 3.8) is 0 Å². The summed E-state index contributed by atoms with van der Waals surface area (Å²) in [6.45, 7) is 20.6. The number of carbonyl (C=O) groups is 1. The fraction of sp³-hybridized carbons (Fsp3) is 0.704. The molecule has 0 saturated heterocycles. The molecule has 0 N–H and O–H groups in total. The number of nitrogens with zero attached hydrogens (tertiary/aromatic N) is 1. The molecule has 0 spiro atoms. The zero-order chi connectivity index (χ0) is 22.4. The highest BCUT2D eigenvalue weighted by atomic mass is 32.1. The van der Waals surface area contributed by atoms with Crippen LogP contribution in [0.1, 0.15) is 107 Å². The van der Waals surface area contributed by atoms with Gasteiger partial charge in [-0.05, 0) is 69.8 Å². The Labute approximate surface area is 193 Å². The van der Waals surface area contributed by atoms with Gasteiger partial charge in [0.25, 0.3) is 0 Å². The highest BCUT2D eigenvalue weighted by Crippen LogP contribution is 2.28. The molecule has 0 fully saturated rings. The van der Waals surface area contributed by atoms with Crippen LogP contribution in [0, 0.1) is 30.6 Å². The van der Waals surface area contributed by atoms with E-state index in [1.54, 1.807) is 16.9 Å². The summed E-state index contributed by atoms with van der Waals surface area (Å²) >= 11 is 1.73. The third-order valence-electron chi connectivity index (χ3n) is 6.38. The van der Waals surface area contributed by atoms with Gasteiger partial charge in [0.1, 0.15) is 6.79 Å². The number of aryl methyl sites for hydroxylation is 1. The van der Waals surface area contributed by atoms with E-state index in [1.807, 2.05) is 6.79 Å². The standard InChI is InChI=1S/C25H43NS.CH2O.CH4.H2/c1-9-11-20(4)23(7)21(5)13-10-12-18(2)14-15-19(3)22(6)16-25-17-27-24(8)26-25;1-2;;/h14,16-17,19-21,23H,9-13,15H2,1-8H3;1H2;1H4;1H/b18-14-,22-16+;;;/t19?,20-,21-,23+;;;/m0.../s1. The largest absolute Gasteiger partial charge is 0.307 e. The lowest BCUT2D eigenvalue weighted by atomic mass is 9.80. The summed E-state index contributed by atoms with van der Waals surface area (Å²) < 4.78 is 0. The molecule has 3 heteroatoms. The summed E-state index contributed by atoms with van der Waals surface area (Å²) in [5.74, 6) is 3.12. The topological polar surface area (TPSA) is 30.0 Å². The van der Waals surface area contributed by atoms with Gasteiger partial charge in [-0.15, -0.1) is 11.3 Å². The van der Waals surface area contributed by atoms with Gasteiger partial charge in [-0.25, -0.2) is 4.98 Å². The summed E-state index contributed by atoms with van der Waals surface area (Å²) in [5.41, 5.74) is 4.10. The lowest BCUT2D eigenvalue weighted by Gasteiger charge is -2.26. The number of carbonyl (C=O) groups excluding carboxylic acids is 1. The molecule has 0 aliphatic carbocycles. The van der Waals surface area contributed by atoms with E-state index in [4.69, 9.17) is 4.79 Å². The van der Waals surface area contributed by atoms with Crippen LogP contribution in [0.2, 0.25) is 0 Å². The first kappa shape index (κ1) is 31.0. The molecule has 1 unspecified atom stereocenters. The molecular weight excluding hydrogens is 386 g/mol. The Bertz CT molecular complexity index is 623. The predicted octanol–water partition coefficient (Wildman–Crippen LogP) is 9.40. The minimum atomic E-state index is 0. The van der Waals surface area contributed by atoms with Gasteiger partial charge in [0, 0.05) is 6.81 Å². The Balaban J connectivity index is -0.00000190. The smallest absolute Gasteiger partial charge is 0.106 e. The molecule has 0 amide bonds. The normalized spacial score (nSPS) is 16.0. The molecule has 0 aliphatic rings. The molecule has 0 radical (unpaired) electrons. The first-order valence-electron chi connectivity index (χ1n) is 11.3. The summed E-state index contributed by atoms with van der Waals surface area (Å²) in [4.78, 5) is 12.5. The zero-order valence-electron chi connectivity index (χ0n) is 20.3. The van der Waals surface area contributed by atoms with Crippen molar-refractivity contribution in [3.05, 3.63) is 33.3 Å². The summed E-state index contributed by atoms with van der Waals surface area (Å²) in [5, 5.41) is 3.29. The fourth-order valence-electron chi connectivity index (χ4n) is 3.73. The minimum Gasteiger partial charge on any atom is -0.307 e. The minimum absolute atomic E-state index is 0. The van der Waals surface area contributed by atoms with Gasteiger partial charge in [0.15, 0.2) is 0 Å². The van der Waals surface area contributed by atoms with Crippen LogP contribution in [0.5, 0.6) is 0 Å². The van der Waals surface area contributed by atoms with Gasteiger partial charge in [-0.3, -0.25) is 0 Å². The van der Waals surface area contributed by atoms with E-state index in [-0.39, 0.29) is 8.85 Å². The van der Waals surface area contributed by atoms with Crippen LogP contribution >= 0.6 is 11.3 Å². The second-order valence-electron chi connectivity index (χ2n) is 8.86. The lowest BCUT2D eigenvalue weighted by Crippen LogP contribution is -2.16. The van der Waals surface area contributed by atoms with Crippen molar-refractivity contribution in [2.45, 2.75) is 101 Å².